The number of carbonyl (C=O) groups is 2. The van der Waals surface area contributed by atoms with E-state index in [4.69, 9.17) is 9.47 Å². The summed E-state index contributed by atoms with van der Waals surface area (Å²) in [5.41, 5.74) is 0. The maximum Gasteiger partial charge on any atom is 0.158 e. The second kappa shape index (κ2) is 8.38. The first-order valence-corrected chi connectivity index (χ1v) is 6.68. The third-order valence-corrected chi connectivity index (χ3v) is 3.66. The standard InChI is InChI=1S/C14H24O4/c1-17-9-13(15)7-11-5-3-4-6-12(11)8-14(16)10-18-2/h11-12H,3-10H2,1-2H3. The van der Waals surface area contributed by atoms with Gasteiger partial charge in [-0.3, -0.25) is 9.59 Å². The van der Waals surface area contributed by atoms with Crippen LogP contribution in [0.15, 0.2) is 0 Å². The summed E-state index contributed by atoms with van der Waals surface area (Å²) < 4.78 is 9.73. The van der Waals surface area contributed by atoms with Crippen LogP contribution in [0.2, 0.25) is 0 Å². The monoisotopic (exact) mass is 256 g/mol. The van der Waals surface area contributed by atoms with Gasteiger partial charge in [0.05, 0.1) is 0 Å². The predicted molar refractivity (Wildman–Crippen MR) is 68.4 cm³/mol. The molecule has 2 atom stereocenters. The van der Waals surface area contributed by atoms with Gasteiger partial charge in [-0.1, -0.05) is 12.8 Å². The number of hydrogen-bond acceptors (Lipinski definition) is 4. The molecule has 0 saturated heterocycles. The molecule has 0 heterocycles. The van der Waals surface area contributed by atoms with Crippen LogP contribution in [0.4, 0.5) is 0 Å². The van der Waals surface area contributed by atoms with Crippen molar-refractivity contribution in [1.29, 1.82) is 0 Å². The highest BCUT2D eigenvalue weighted by molar-refractivity contribution is 5.81. The highest BCUT2D eigenvalue weighted by Gasteiger charge is 2.28. The third-order valence-electron chi connectivity index (χ3n) is 3.66. The number of methoxy groups -OCH3 is 2. The Hall–Kier alpha value is -0.740. The van der Waals surface area contributed by atoms with Crippen LogP contribution in [0.1, 0.15) is 38.5 Å². The number of Topliss-reactive ketones (excluding diaryl/α,β-unsaturated/α-hetero) is 2. The van der Waals surface area contributed by atoms with Gasteiger partial charge in [0.25, 0.3) is 0 Å². The van der Waals surface area contributed by atoms with Gasteiger partial charge in [-0.05, 0) is 24.7 Å². The fourth-order valence-corrected chi connectivity index (χ4v) is 2.85. The Bertz CT molecular complexity index is 247. The third kappa shape index (κ3) is 5.27. The molecule has 0 bridgehead atoms. The second-order valence-electron chi connectivity index (χ2n) is 5.16. The summed E-state index contributed by atoms with van der Waals surface area (Å²) >= 11 is 0. The van der Waals surface area contributed by atoms with Crippen LogP contribution in [0.25, 0.3) is 0 Å². The average molecular weight is 256 g/mol. The van der Waals surface area contributed by atoms with Crippen molar-refractivity contribution in [2.45, 2.75) is 38.5 Å². The molecule has 1 fully saturated rings. The van der Waals surface area contributed by atoms with Gasteiger partial charge in [0, 0.05) is 27.1 Å². The molecule has 1 aliphatic carbocycles. The van der Waals surface area contributed by atoms with Gasteiger partial charge in [0.15, 0.2) is 11.6 Å². The zero-order valence-corrected chi connectivity index (χ0v) is 11.4. The summed E-state index contributed by atoms with van der Waals surface area (Å²) in [4.78, 5) is 23.3. The lowest BCUT2D eigenvalue weighted by Crippen LogP contribution is -2.26. The summed E-state index contributed by atoms with van der Waals surface area (Å²) in [6.07, 6.45) is 5.55. The van der Waals surface area contributed by atoms with E-state index < -0.39 is 0 Å². The van der Waals surface area contributed by atoms with Crippen molar-refractivity contribution in [2.75, 3.05) is 27.4 Å². The summed E-state index contributed by atoms with van der Waals surface area (Å²) in [5.74, 6) is 0.992. The minimum absolute atomic E-state index is 0.147. The van der Waals surface area contributed by atoms with Crippen molar-refractivity contribution >= 4 is 11.6 Å². The van der Waals surface area contributed by atoms with Crippen molar-refractivity contribution < 1.29 is 19.1 Å². The molecule has 0 aromatic carbocycles. The molecule has 0 spiro atoms. The lowest BCUT2D eigenvalue weighted by Gasteiger charge is -2.30. The van der Waals surface area contributed by atoms with E-state index in [1.807, 2.05) is 0 Å². The fraction of sp³-hybridized carbons (Fsp3) is 0.857. The van der Waals surface area contributed by atoms with E-state index in [1.54, 1.807) is 14.2 Å². The number of rotatable bonds is 8. The molecule has 18 heavy (non-hydrogen) atoms. The van der Waals surface area contributed by atoms with Gasteiger partial charge in [-0.25, -0.2) is 0 Å². The molecule has 4 nitrogen and oxygen atoms in total. The first kappa shape index (κ1) is 15.3. The van der Waals surface area contributed by atoms with Crippen molar-refractivity contribution in [1.82, 2.24) is 0 Å². The van der Waals surface area contributed by atoms with Crippen LogP contribution in [0.3, 0.4) is 0 Å². The van der Waals surface area contributed by atoms with Crippen molar-refractivity contribution in [3.05, 3.63) is 0 Å². The molecule has 1 aliphatic rings. The second-order valence-corrected chi connectivity index (χ2v) is 5.16. The molecule has 0 aromatic rings. The molecule has 0 amide bonds. The average Bonchev–Trinajstić information content (AvgIpc) is 2.32. The molecule has 1 saturated carbocycles. The molecule has 0 N–H and O–H groups in total. The minimum atomic E-state index is 0.147. The molecule has 0 radical (unpaired) electrons. The zero-order valence-electron chi connectivity index (χ0n) is 11.4. The number of hydrogen-bond donors (Lipinski definition) is 0. The Morgan fingerprint density at radius 3 is 1.61 bits per heavy atom. The van der Waals surface area contributed by atoms with Crippen LogP contribution in [0, 0.1) is 11.8 Å². The molecular weight excluding hydrogens is 232 g/mol. The van der Waals surface area contributed by atoms with Gasteiger partial charge in [-0.15, -0.1) is 0 Å². The van der Waals surface area contributed by atoms with Crippen molar-refractivity contribution in [3.8, 4) is 0 Å². The van der Waals surface area contributed by atoms with E-state index >= 15 is 0 Å². The molecule has 2 unspecified atom stereocenters. The fourth-order valence-electron chi connectivity index (χ4n) is 2.85. The topological polar surface area (TPSA) is 52.6 Å². The van der Waals surface area contributed by atoms with E-state index in [-0.39, 0.29) is 24.8 Å². The first-order valence-electron chi connectivity index (χ1n) is 6.68. The lowest BCUT2D eigenvalue weighted by molar-refractivity contribution is -0.127. The predicted octanol–water partition coefficient (Wildman–Crippen LogP) is 2.00. The smallest absolute Gasteiger partial charge is 0.158 e. The maximum absolute atomic E-state index is 11.6. The lowest BCUT2D eigenvalue weighted by atomic mass is 9.74. The molecular formula is C14H24O4. The van der Waals surface area contributed by atoms with Crippen LogP contribution < -0.4 is 0 Å². The summed E-state index contributed by atoms with van der Waals surface area (Å²) in [6, 6.07) is 0. The maximum atomic E-state index is 11.6. The Balaban J connectivity index is 2.46. The molecule has 0 aromatic heterocycles. The molecule has 104 valence electrons. The van der Waals surface area contributed by atoms with Crippen LogP contribution in [-0.2, 0) is 19.1 Å². The number of ketones is 2. The minimum Gasteiger partial charge on any atom is -0.377 e. The largest absolute Gasteiger partial charge is 0.377 e. The van der Waals surface area contributed by atoms with E-state index in [2.05, 4.69) is 0 Å². The molecule has 0 aliphatic heterocycles. The Morgan fingerprint density at radius 2 is 1.28 bits per heavy atom. The number of ether oxygens (including phenoxy) is 2. The Morgan fingerprint density at radius 1 is 0.889 bits per heavy atom. The van der Waals surface area contributed by atoms with Gasteiger partial charge in [-0.2, -0.15) is 0 Å². The van der Waals surface area contributed by atoms with Gasteiger partial charge < -0.3 is 9.47 Å². The van der Waals surface area contributed by atoms with E-state index in [0.717, 1.165) is 12.8 Å². The van der Waals surface area contributed by atoms with Crippen LogP contribution >= 0.6 is 0 Å². The Labute approximate surface area is 109 Å². The summed E-state index contributed by atoms with van der Waals surface area (Å²) in [6.45, 7) is 0.379. The van der Waals surface area contributed by atoms with Gasteiger partial charge >= 0.3 is 0 Å². The SMILES string of the molecule is COCC(=O)CC1CCCCC1CC(=O)COC. The molecule has 4 heteroatoms. The van der Waals surface area contributed by atoms with E-state index in [9.17, 15) is 9.59 Å². The van der Waals surface area contributed by atoms with Gasteiger partial charge in [0.2, 0.25) is 0 Å². The van der Waals surface area contributed by atoms with Crippen LogP contribution in [-0.4, -0.2) is 39.0 Å². The quantitative estimate of drug-likeness (QED) is 0.666. The van der Waals surface area contributed by atoms with Crippen molar-refractivity contribution in [2.24, 2.45) is 11.8 Å². The van der Waals surface area contributed by atoms with Crippen LogP contribution in [0.5, 0.6) is 0 Å². The zero-order chi connectivity index (χ0) is 13.4. The summed E-state index contributed by atoms with van der Waals surface area (Å²) in [7, 11) is 3.08. The van der Waals surface area contributed by atoms with Gasteiger partial charge in [0.1, 0.15) is 13.2 Å². The highest BCUT2D eigenvalue weighted by atomic mass is 16.5. The van der Waals surface area contributed by atoms with E-state index in [1.165, 1.54) is 12.8 Å². The number of carbonyl (C=O) groups excluding carboxylic acids is 2. The highest BCUT2D eigenvalue weighted by Crippen LogP contribution is 2.34. The normalized spacial score (nSPS) is 23.9. The molecule has 1 rings (SSSR count). The Kier molecular flexibility index (Phi) is 7.13. The van der Waals surface area contributed by atoms with Crippen molar-refractivity contribution in [3.63, 3.8) is 0 Å². The first-order chi connectivity index (χ1) is 8.67. The summed E-state index contributed by atoms with van der Waals surface area (Å²) in [5, 5.41) is 0. The van der Waals surface area contributed by atoms with E-state index in [0.29, 0.717) is 24.7 Å².